The predicted octanol–water partition coefficient (Wildman–Crippen LogP) is 2.74. The normalized spacial score (nSPS) is 17.3. The van der Waals surface area contributed by atoms with E-state index < -0.39 is 0 Å². The van der Waals surface area contributed by atoms with Gasteiger partial charge in [0, 0.05) is 18.2 Å². The zero-order valence-corrected chi connectivity index (χ0v) is 13.9. The minimum Gasteiger partial charge on any atom is -0.492 e. The van der Waals surface area contributed by atoms with Crippen LogP contribution in [0.15, 0.2) is 24.3 Å². The number of fused-ring (bicyclic) bond motifs is 1. The highest BCUT2D eigenvalue weighted by molar-refractivity contribution is 8.00. The van der Waals surface area contributed by atoms with Gasteiger partial charge in [-0.3, -0.25) is 4.79 Å². The van der Waals surface area contributed by atoms with Crippen LogP contribution in [0.2, 0.25) is 0 Å². The van der Waals surface area contributed by atoms with Crippen LogP contribution in [0.25, 0.3) is 0 Å². The van der Waals surface area contributed by atoms with Crippen LogP contribution in [0.1, 0.15) is 36.3 Å². The van der Waals surface area contributed by atoms with Crippen LogP contribution in [0, 0.1) is 4.91 Å². The van der Waals surface area contributed by atoms with Gasteiger partial charge in [0.2, 0.25) is 11.8 Å². The van der Waals surface area contributed by atoms with Crippen LogP contribution in [-0.4, -0.2) is 36.7 Å². The van der Waals surface area contributed by atoms with Gasteiger partial charge in [-0.15, -0.1) is 16.9 Å². The molecule has 1 aliphatic heterocycles. The van der Waals surface area contributed by atoms with Crippen LogP contribution in [0.5, 0.6) is 5.88 Å². The number of carbonyl (C=O) groups is 1. The van der Waals surface area contributed by atoms with Crippen molar-refractivity contribution >= 4 is 29.2 Å². The molecule has 0 fully saturated rings. The first-order chi connectivity index (χ1) is 11.4. The smallest absolute Gasteiger partial charge is 0.316 e. The first-order valence-electron chi connectivity index (χ1n) is 7.37. The van der Waals surface area contributed by atoms with E-state index in [1.807, 2.05) is 13.8 Å². The van der Waals surface area contributed by atoms with Gasteiger partial charge in [0.1, 0.15) is 5.82 Å². The number of benzene rings is 1. The van der Waals surface area contributed by atoms with Crippen molar-refractivity contribution in [1.82, 2.24) is 9.78 Å². The van der Waals surface area contributed by atoms with E-state index in [1.54, 1.807) is 16.8 Å². The Morgan fingerprint density at radius 2 is 2.04 bits per heavy atom. The zero-order valence-electron chi connectivity index (χ0n) is 13.1. The largest absolute Gasteiger partial charge is 0.492 e. The summed E-state index contributed by atoms with van der Waals surface area (Å²) in [7, 11) is 0. The molecule has 126 valence electrons. The summed E-state index contributed by atoms with van der Waals surface area (Å²) in [6.07, 6.45) is 0. The molecule has 2 aromatic rings. The molecule has 0 saturated heterocycles. The molecule has 1 aliphatic rings. The van der Waals surface area contributed by atoms with Crippen molar-refractivity contribution in [3.63, 3.8) is 0 Å². The summed E-state index contributed by atoms with van der Waals surface area (Å²) in [5.41, 5.74) is 1.44. The van der Waals surface area contributed by atoms with Gasteiger partial charge in [0.25, 0.3) is 4.92 Å². The molecule has 0 spiro atoms. The predicted molar refractivity (Wildman–Crippen MR) is 88.7 cm³/mol. The summed E-state index contributed by atoms with van der Waals surface area (Å²) in [4.78, 5) is 22.7. The van der Waals surface area contributed by atoms with Gasteiger partial charge in [0.05, 0.1) is 21.5 Å². The van der Waals surface area contributed by atoms with Gasteiger partial charge >= 0.3 is 5.69 Å². The third-order valence-corrected chi connectivity index (χ3v) is 5.00. The number of hydrogen-bond donors (Lipinski definition) is 3. The monoisotopic (exact) mass is 349 g/mol. The zero-order chi connectivity index (χ0) is 17.4. The highest BCUT2D eigenvalue weighted by Crippen LogP contribution is 2.46. The van der Waals surface area contributed by atoms with Crippen molar-refractivity contribution in [3.8, 4) is 5.88 Å². The van der Waals surface area contributed by atoms with E-state index in [-0.39, 0.29) is 39.4 Å². The van der Waals surface area contributed by atoms with E-state index in [0.717, 1.165) is 5.56 Å². The standard InChI is InChI=1S/C15H16N4O4S/c1-8(2)18-14-12(15(21)17-18)13(24-7-11(20)16-14)9-3-5-10(6-4-9)19(22)23/h3-6,8,13H,7H2,1-2H3,(H2-,16,17,20,21,22,23)/p+1. The molecule has 2 heterocycles. The number of aromatic nitrogens is 2. The molecule has 8 nitrogen and oxygen atoms in total. The van der Waals surface area contributed by atoms with Crippen molar-refractivity contribution in [2.75, 3.05) is 11.1 Å². The number of anilines is 1. The Balaban J connectivity index is 2.10. The minimum atomic E-state index is -0.320. The first-order valence-corrected chi connectivity index (χ1v) is 8.42. The molecule has 9 heteroatoms. The van der Waals surface area contributed by atoms with Gasteiger partial charge in [-0.05, 0) is 19.4 Å². The fraction of sp³-hybridized carbons (Fsp3) is 0.333. The molecule has 1 amide bonds. The van der Waals surface area contributed by atoms with Crippen molar-refractivity contribution in [2.24, 2.45) is 0 Å². The number of nitrogens with zero attached hydrogens (tertiary/aromatic N) is 3. The van der Waals surface area contributed by atoms with E-state index in [2.05, 4.69) is 10.4 Å². The number of aromatic hydroxyl groups is 1. The number of carbonyl (C=O) groups excluding carboxylic acids is 1. The lowest BCUT2D eigenvalue weighted by Gasteiger charge is -2.15. The fourth-order valence-corrected chi connectivity index (χ4v) is 3.75. The average Bonchev–Trinajstić information content (AvgIpc) is 2.75. The summed E-state index contributed by atoms with van der Waals surface area (Å²) in [5.74, 6) is 0.421. The number of amides is 1. The van der Waals surface area contributed by atoms with Crippen molar-refractivity contribution in [1.29, 1.82) is 0 Å². The van der Waals surface area contributed by atoms with Crippen LogP contribution >= 0.6 is 11.8 Å². The quantitative estimate of drug-likeness (QED) is 0.736. The Morgan fingerprint density at radius 3 is 2.62 bits per heavy atom. The number of nitrogens with one attached hydrogen (secondary N) is 1. The van der Waals surface area contributed by atoms with E-state index in [1.165, 1.54) is 23.9 Å². The Labute approximate surface area is 142 Å². The SMILES string of the molecule is CC(C)n1nc(O)c2c1NC(=O)CSC2c1ccc([N+](=O)O)cc1. The van der Waals surface area contributed by atoms with E-state index in [4.69, 9.17) is 5.21 Å². The van der Waals surface area contributed by atoms with Gasteiger partial charge < -0.3 is 10.4 Å². The summed E-state index contributed by atoms with van der Waals surface area (Å²) < 4.78 is 1.59. The third-order valence-electron chi connectivity index (χ3n) is 3.73. The van der Waals surface area contributed by atoms with Crippen LogP contribution in [0.3, 0.4) is 0 Å². The second kappa shape index (κ2) is 6.16. The van der Waals surface area contributed by atoms with E-state index in [0.29, 0.717) is 11.4 Å². The molecule has 1 aromatic heterocycles. The lowest BCUT2D eigenvalue weighted by atomic mass is 10.1. The van der Waals surface area contributed by atoms with Gasteiger partial charge in [0.15, 0.2) is 0 Å². The maximum absolute atomic E-state index is 12.0. The molecule has 0 aliphatic carbocycles. The molecule has 3 N–H and O–H groups in total. The molecular formula is C15H17N4O4S+. The fourth-order valence-electron chi connectivity index (χ4n) is 2.62. The Morgan fingerprint density at radius 1 is 1.38 bits per heavy atom. The molecular weight excluding hydrogens is 332 g/mol. The van der Waals surface area contributed by atoms with Gasteiger partial charge in [-0.2, -0.15) is 0 Å². The molecule has 0 saturated carbocycles. The number of thioether (sulfide) groups is 1. The summed E-state index contributed by atoms with van der Waals surface area (Å²) in [6.45, 7) is 3.82. The van der Waals surface area contributed by atoms with Gasteiger partial charge in [-0.25, -0.2) is 9.89 Å². The summed E-state index contributed by atoms with van der Waals surface area (Å²) in [5, 5.41) is 25.9. The van der Waals surface area contributed by atoms with Crippen LogP contribution in [0.4, 0.5) is 11.5 Å². The molecule has 3 rings (SSSR count). The second-order valence-electron chi connectivity index (χ2n) is 5.73. The minimum absolute atomic E-state index is 0.0329. The summed E-state index contributed by atoms with van der Waals surface area (Å²) >= 11 is 1.36. The maximum Gasteiger partial charge on any atom is 0.316 e. The molecule has 0 radical (unpaired) electrons. The van der Waals surface area contributed by atoms with Crippen molar-refractivity contribution < 1.29 is 20.0 Å². The highest BCUT2D eigenvalue weighted by atomic mass is 32.2. The van der Waals surface area contributed by atoms with E-state index in [9.17, 15) is 14.8 Å². The number of hydrogen-bond acceptors (Lipinski definition) is 5. The molecule has 1 unspecified atom stereocenters. The highest BCUT2D eigenvalue weighted by Gasteiger charge is 2.32. The molecule has 1 aromatic carbocycles. The van der Waals surface area contributed by atoms with E-state index >= 15 is 0 Å². The Bertz CT molecular complexity index is 801. The molecule has 0 bridgehead atoms. The lowest BCUT2D eigenvalue weighted by molar-refractivity contribution is -0.729. The van der Waals surface area contributed by atoms with Crippen LogP contribution < -0.4 is 5.32 Å². The lowest BCUT2D eigenvalue weighted by Crippen LogP contribution is -2.17. The average molecular weight is 349 g/mol. The topological polar surface area (TPSA) is 107 Å². The number of rotatable bonds is 3. The Kier molecular flexibility index (Phi) is 4.18. The summed E-state index contributed by atoms with van der Waals surface area (Å²) in [6, 6.07) is 6.29. The maximum atomic E-state index is 12.0. The molecule has 24 heavy (non-hydrogen) atoms. The molecule has 1 atom stereocenters. The van der Waals surface area contributed by atoms with Crippen LogP contribution in [-0.2, 0) is 4.79 Å². The Hall–Kier alpha value is -2.55. The second-order valence-corrected chi connectivity index (χ2v) is 6.82. The first kappa shape index (κ1) is 16.3. The van der Waals surface area contributed by atoms with Crippen molar-refractivity contribution in [3.05, 3.63) is 40.3 Å². The third kappa shape index (κ3) is 2.82. The van der Waals surface area contributed by atoms with Crippen molar-refractivity contribution in [2.45, 2.75) is 25.1 Å². The van der Waals surface area contributed by atoms with Gasteiger partial charge in [-0.1, -0.05) is 12.1 Å².